The Kier molecular flexibility index (Phi) is 3.76. The van der Waals surface area contributed by atoms with Gasteiger partial charge in [0.25, 0.3) is 0 Å². The smallest absolute Gasteiger partial charge is 0.340 e. The maximum absolute atomic E-state index is 12.1. The lowest BCUT2D eigenvalue weighted by molar-refractivity contribution is 0.0528. The standard InChI is InChI=1S/C16H14N4O3/c1-2-23-16(22)11-7-18-15-12(11)13(19-8-20-15)9-3-5-10(6-4-9)14(17)21/h3-8H,2H2,1H3,(H2,17,21)(H,18,19,20). The zero-order valence-electron chi connectivity index (χ0n) is 12.4. The van der Waals surface area contributed by atoms with Crippen LogP contribution in [-0.2, 0) is 4.74 Å². The van der Waals surface area contributed by atoms with Gasteiger partial charge < -0.3 is 15.5 Å². The van der Waals surface area contributed by atoms with Gasteiger partial charge in [-0.2, -0.15) is 0 Å². The van der Waals surface area contributed by atoms with Crippen LogP contribution in [-0.4, -0.2) is 33.4 Å². The van der Waals surface area contributed by atoms with Crippen molar-refractivity contribution >= 4 is 22.9 Å². The van der Waals surface area contributed by atoms with Crippen molar-refractivity contribution in [3.05, 3.63) is 47.9 Å². The molecule has 0 saturated heterocycles. The van der Waals surface area contributed by atoms with E-state index in [1.165, 1.54) is 6.33 Å². The van der Waals surface area contributed by atoms with E-state index in [4.69, 9.17) is 10.5 Å². The van der Waals surface area contributed by atoms with Crippen molar-refractivity contribution < 1.29 is 14.3 Å². The summed E-state index contributed by atoms with van der Waals surface area (Å²) in [6.07, 6.45) is 2.96. The van der Waals surface area contributed by atoms with Crippen LogP contribution in [0.15, 0.2) is 36.8 Å². The summed E-state index contributed by atoms with van der Waals surface area (Å²) in [7, 11) is 0. The van der Waals surface area contributed by atoms with Crippen LogP contribution in [0, 0.1) is 0 Å². The number of ether oxygens (including phenoxy) is 1. The third-order valence-electron chi connectivity index (χ3n) is 3.41. The fraction of sp³-hybridized carbons (Fsp3) is 0.125. The third-order valence-corrected chi connectivity index (χ3v) is 3.41. The summed E-state index contributed by atoms with van der Waals surface area (Å²) in [6.45, 7) is 2.02. The van der Waals surface area contributed by atoms with E-state index in [1.54, 1.807) is 37.4 Å². The quantitative estimate of drug-likeness (QED) is 0.715. The summed E-state index contributed by atoms with van der Waals surface area (Å²) in [5, 5.41) is 0.581. The van der Waals surface area contributed by atoms with Crippen LogP contribution >= 0.6 is 0 Å². The van der Waals surface area contributed by atoms with Crippen molar-refractivity contribution in [3.63, 3.8) is 0 Å². The van der Waals surface area contributed by atoms with Gasteiger partial charge in [-0.25, -0.2) is 14.8 Å². The maximum atomic E-state index is 12.1. The number of H-pyrrole nitrogens is 1. The summed E-state index contributed by atoms with van der Waals surface area (Å²) >= 11 is 0. The Morgan fingerprint density at radius 3 is 2.61 bits per heavy atom. The molecule has 3 rings (SSSR count). The number of benzene rings is 1. The van der Waals surface area contributed by atoms with Crippen LogP contribution in [0.4, 0.5) is 0 Å². The highest BCUT2D eigenvalue weighted by Gasteiger charge is 2.18. The molecule has 0 saturated carbocycles. The van der Waals surface area contributed by atoms with E-state index in [9.17, 15) is 9.59 Å². The second-order valence-electron chi connectivity index (χ2n) is 4.81. The van der Waals surface area contributed by atoms with Gasteiger partial charge in [-0.3, -0.25) is 4.79 Å². The van der Waals surface area contributed by atoms with E-state index in [0.29, 0.717) is 27.9 Å². The number of nitrogens with one attached hydrogen (secondary N) is 1. The molecule has 0 unspecified atom stereocenters. The summed E-state index contributed by atoms with van der Waals surface area (Å²) in [6, 6.07) is 6.68. The van der Waals surface area contributed by atoms with Gasteiger partial charge in [0.05, 0.1) is 23.3 Å². The van der Waals surface area contributed by atoms with Gasteiger partial charge in [-0.05, 0) is 19.1 Å². The molecule has 1 aromatic carbocycles. The first kappa shape index (κ1) is 14.7. The lowest BCUT2D eigenvalue weighted by Gasteiger charge is -2.05. The molecule has 2 aromatic heterocycles. The molecule has 7 nitrogen and oxygen atoms in total. The van der Waals surface area contributed by atoms with E-state index in [2.05, 4.69) is 15.0 Å². The largest absolute Gasteiger partial charge is 0.462 e. The van der Waals surface area contributed by atoms with Gasteiger partial charge in [0.2, 0.25) is 5.91 Å². The first-order valence-corrected chi connectivity index (χ1v) is 7.01. The lowest BCUT2D eigenvalue weighted by atomic mass is 10.0. The molecule has 3 aromatic rings. The topological polar surface area (TPSA) is 111 Å². The average Bonchev–Trinajstić information content (AvgIpc) is 2.99. The van der Waals surface area contributed by atoms with E-state index < -0.39 is 11.9 Å². The number of amides is 1. The van der Waals surface area contributed by atoms with Crippen LogP contribution in [0.5, 0.6) is 0 Å². The Balaban J connectivity index is 2.15. The minimum atomic E-state index is -0.502. The fourth-order valence-corrected chi connectivity index (χ4v) is 2.34. The SMILES string of the molecule is CCOC(=O)c1c[nH]c2ncnc(-c3ccc(C(N)=O)cc3)c12. The molecular weight excluding hydrogens is 296 g/mol. The zero-order valence-corrected chi connectivity index (χ0v) is 12.4. The number of carbonyl (C=O) groups excluding carboxylic acids is 2. The second kappa shape index (κ2) is 5.88. The molecule has 0 bridgehead atoms. The van der Waals surface area contributed by atoms with Gasteiger partial charge in [0, 0.05) is 17.3 Å². The molecule has 0 spiro atoms. The fourth-order valence-electron chi connectivity index (χ4n) is 2.34. The molecule has 23 heavy (non-hydrogen) atoms. The number of hydrogen-bond donors (Lipinski definition) is 2. The van der Waals surface area contributed by atoms with Crippen LogP contribution < -0.4 is 5.73 Å². The predicted octanol–water partition coefficient (Wildman–Crippen LogP) is 1.90. The predicted molar refractivity (Wildman–Crippen MR) is 83.8 cm³/mol. The van der Waals surface area contributed by atoms with Gasteiger partial charge >= 0.3 is 5.97 Å². The Morgan fingerprint density at radius 1 is 1.22 bits per heavy atom. The van der Waals surface area contributed by atoms with E-state index in [1.807, 2.05) is 0 Å². The molecule has 1 amide bonds. The van der Waals surface area contributed by atoms with Crippen LogP contribution in [0.1, 0.15) is 27.6 Å². The first-order valence-electron chi connectivity index (χ1n) is 7.01. The molecule has 7 heteroatoms. The Labute approximate surface area is 131 Å². The summed E-state index contributed by atoms with van der Waals surface area (Å²) in [4.78, 5) is 34.6. The molecule has 0 aliphatic rings. The minimum absolute atomic E-state index is 0.280. The first-order chi connectivity index (χ1) is 11.1. The van der Waals surface area contributed by atoms with Gasteiger partial charge in [0.1, 0.15) is 12.0 Å². The van der Waals surface area contributed by atoms with E-state index in [-0.39, 0.29) is 6.61 Å². The molecule has 116 valence electrons. The number of nitrogens with two attached hydrogens (primary N) is 1. The number of nitrogens with zero attached hydrogens (tertiary/aromatic N) is 2. The monoisotopic (exact) mass is 310 g/mol. The highest BCUT2D eigenvalue weighted by Crippen LogP contribution is 2.28. The number of aromatic nitrogens is 3. The van der Waals surface area contributed by atoms with Crippen LogP contribution in [0.2, 0.25) is 0 Å². The molecule has 2 heterocycles. The maximum Gasteiger partial charge on any atom is 0.340 e. The number of hydrogen-bond acceptors (Lipinski definition) is 5. The Bertz CT molecular complexity index is 884. The molecule has 0 aliphatic carbocycles. The number of primary amides is 1. The normalized spacial score (nSPS) is 10.7. The van der Waals surface area contributed by atoms with Crippen molar-refractivity contribution in [1.29, 1.82) is 0 Å². The summed E-state index contributed by atoms with van der Waals surface area (Å²) in [5.74, 6) is -0.943. The van der Waals surface area contributed by atoms with Crippen molar-refractivity contribution in [2.45, 2.75) is 6.92 Å². The lowest BCUT2D eigenvalue weighted by Crippen LogP contribution is -2.10. The average molecular weight is 310 g/mol. The molecule has 0 fully saturated rings. The third kappa shape index (κ3) is 2.64. The highest BCUT2D eigenvalue weighted by atomic mass is 16.5. The van der Waals surface area contributed by atoms with Crippen LogP contribution in [0.3, 0.4) is 0 Å². The minimum Gasteiger partial charge on any atom is -0.462 e. The van der Waals surface area contributed by atoms with Crippen molar-refractivity contribution in [3.8, 4) is 11.3 Å². The van der Waals surface area contributed by atoms with E-state index in [0.717, 1.165) is 5.56 Å². The van der Waals surface area contributed by atoms with Crippen molar-refractivity contribution in [2.75, 3.05) is 6.61 Å². The number of rotatable bonds is 4. The molecule has 0 atom stereocenters. The number of esters is 1. The van der Waals surface area contributed by atoms with Crippen molar-refractivity contribution in [2.24, 2.45) is 5.73 Å². The highest BCUT2D eigenvalue weighted by molar-refractivity contribution is 6.08. The van der Waals surface area contributed by atoms with Gasteiger partial charge in [0.15, 0.2) is 0 Å². The number of aromatic amines is 1. The molecular formula is C16H14N4O3. The zero-order chi connectivity index (χ0) is 16.4. The number of carbonyl (C=O) groups is 2. The second-order valence-corrected chi connectivity index (χ2v) is 4.81. The summed E-state index contributed by atoms with van der Waals surface area (Å²) in [5.41, 5.74) is 7.88. The van der Waals surface area contributed by atoms with Gasteiger partial charge in [-0.15, -0.1) is 0 Å². The molecule has 0 radical (unpaired) electrons. The van der Waals surface area contributed by atoms with Crippen LogP contribution in [0.25, 0.3) is 22.3 Å². The molecule has 0 aliphatic heterocycles. The van der Waals surface area contributed by atoms with Crippen molar-refractivity contribution in [1.82, 2.24) is 15.0 Å². The molecule has 3 N–H and O–H groups in total. The Hall–Kier alpha value is -3.22. The van der Waals surface area contributed by atoms with Gasteiger partial charge in [-0.1, -0.05) is 12.1 Å². The number of fused-ring (bicyclic) bond motifs is 1. The Morgan fingerprint density at radius 2 is 1.96 bits per heavy atom. The summed E-state index contributed by atoms with van der Waals surface area (Å²) < 4.78 is 5.06. The van der Waals surface area contributed by atoms with E-state index >= 15 is 0 Å².